The monoisotopic (exact) mass is 1860 g/mol. The molecule has 0 bridgehead atoms. The van der Waals surface area contributed by atoms with Crippen molar-refractivity contribution in [2.24, 2.45) is 5.73 Å². The normalized spacial score (nSPS) is 17.2. The highest BCUT2D eigenvalue weighted by Crippen LogP contribution is 2.40. The summed E-state index contributed by atoms with van der Waals surface area (Å²) in [4.78, 5) is 161. The summed E-state index contributed by atoms with van der Waals surface area (Å²) in [5, 5.41) is 45.2. The van der Waals surface area contributed by atoms with E-state index in [0.29, 0.717) is 169 Å². The SMILES string of the molecule is Cc1c(CO)cc(C(=O)N[C@@H]2CCc3ccc(-c4cn5c(n4)CCC5)cc32)cc1OCCCN.Cc1c(CO)cc(C(=O)N[C@@H]2CCc3ccc(-c4cn5c(n4)CCC5)cc32)cc1OCCCNC(=O)CCOCCOCCOCCCc1cccc2c1C(=O)N(C1CCC(=O)NC1=O)C2=O.O=C(O)CCOCCOCCOCCNc1cccc2c1C(=O)N(C1CCC(=O)NC1=O)C2=O. The lowest BCUT2D eigenvalue weighted by molar-refractivity contribution is -0.139. The number of ether oxygens (including phenoxy) is 8. The van der Waals surface area contributed by atoms with Gasteiger partial charge in [-0.25, -0.2) is 9.97 Å². The molecule has 2 fully saturated rings. The number of nitrogens with one attached hydrogen (secondary N) is 6. The number of rotatable bonds is 45. The minimum absolute atomic E-state index is 0.0462. The molecule has 16 rings (SSSR count). The van der Waals surface area contributed by atoms with E-state index in [4.69, 9.17) is 58.7 Å². The van der Waals surface area contributed by atoms with Crippen molar-refractivity contribution >= 4 is 76.6 Å². The Morgan fingerprint density at radius 1 is 0.481 bits per heavy atom. The molecule has 2 aliphatic carbocycles. The maximum Gasteiger partial charge on any atom is 0.305 e. The summed E-state index contributed by atoms with van der Waals surface area (Å²) in [6.07, 6.45) is 14.9. The third-order valence-electron chi connectivity index (χ3n) is 25.0. The fourth-order valence-corrected chi connectivity index (χ4v) is 17.8. The molecule has 0 spiro atoms. The van der Waals surface area contributed by atoms with Crippen LogP contribution in [-0.2, 0) is 116 Å². The highest BCUT2D eigenvalue weighted by molar-refractivity contribution is 6.26. The Kier molecular flexibility index (Phi) is 34.5. The van der Waals surface area contributed by atoms with Gasteiger partial charge in [0.2, 0.25) is 29.5 Å². The van der Waals surface area contributed by atoms with Crippen LogP contribution in [-0.4, -0.2) is 239 Å². The van der Waals surface area contributed by atoms with E-state index < -0.39 is 65.3 Å². The number of carboxylic acids is 1. The quantitative estimate of drug-likeness (QED) is 0.0130. The van der Waals surface area contributed by atoms with Crippen LogP contribution in [0.25, 0.3) is 22.5 Å². The number of aliphatic hydroxyl groups excluding tert-OH is 2. The van der Waals surface area contributed by atoms with E-state index in [1.807, 2.05) is 13.8 Å². The third kappa shape index (κ3) is 24.7. The van der Waals surface area contributed by atoms with Crippen molar-refractivity contribution in [2.45, 2.75) is 180 Å². The molecule has 0 saturated carbocycles. The molecule has 6 aliphatic heterocycles. The number of carbonyl (C=O) groups is 12. The predicted molar refractivity (Wildman–Crippen MR) is 490 cm³/mol. The molecule has 8 heterocycles. The van der Waals surface area contributed by atoms with Gasteiger partial charge < -0.3 is 89.3 Å². The molecule has 0 radical (unpaired) electrons. The van der Waals surface area contributed by atoms with Crippen LogP contribution >= 0.6 is 0 Å². The van der Waals surface area contributed by atoms with E-state index in [0.717, 1.165) is 137 Å². The fraction of sp³-hybridized carbons (Fsp3) is 0.455. The molecule has 135 heavy (non-hydrogen) atoms. The Bertz CT molecular complexity index is 5670. The van der Waals surface area contributed by atoms with Crippen molar-refractivity contribution in [1.82, 2.24) is 55.5 Å². The molecule has 2 aromatic heterocycles. The lowest BCUT2D eigenvalue weighted by atomic mass is 9.99. The van der Waals surface area contributed by atoms with Crippen molar-refractivity contribution in [3.8, 4) is 34.0 Å². The summed E-state index contributed by atoms with van der Waals surface area (Å²) in [6.45, 7) is 11.3. The Morgan fingerprint density at radius 3 is 1.45 bits per heavy atom. The summed E-state index contributed by atoms with van der Waals surface area (Å²) in [7, 11) is 0. The van der Waals surface area contributed by atoms with Crippen molar-refractivity contribution in [2.75, 3.05) is 117 Å². The molecular formula is C99H117N13O23. The minimum Gasteiger partial charge on any atom is -0.493 e. The number of hydrogen-bond acceptors (Lipinski definition) is 26. The van der Waals surface area contributed by atoms with Crippen LogP contribution in [0.2, 0.25) is 0 Å². The van der Waals surface area contributed by atoms with E-state index in [2.05, 4.69) is 89.8 Å². The van der Waals surface area contributed by atoms with Crippen molar-refractivity contribution in [3.05, 3.63) is 205 Å². The van der Waals surface area contributed by atoms with Crippen LogP contribution in [0.4, 0.5) is 5.69 Å². The lowest BCUT2D eigenvalue weighted by Crippen LogP contribution is -2.54. The van der Waals surface area contributed by atoms with Gasteiger partial charge in [0.1, 0.15) is 35.2 Å². The Labute approximate surface area is 780 Å². The van der Waals surface area contributed by atoms with Crippen LogP contribution < -0.4 is 47.1 Å². The molecule has 36 nitrogen and oxygen atoms in total. The third-order valence-corrected chi connectivity index (χ3v) is 25.0. The van der Waals surface area contributed by atoms with Crippen LogP contribution in [0.1, 0.15) is 219 Å². The van der Waals surface area contributed by atoms with Crippen LogP contribution in [0.5, 0.6) is 11.5 Å². The van der Waals surface area contributed by atoms with Gasteiger partial charge in [-0.3, -0.25) is 78.0 Å². The van der Waals surface area contributed by atoms with Gasteiger partial charge in [0.15, 0.2) is 0 Å². The highest BCUT2D eigenvalue weighted by atomic mass is 16.6. The van der Waals surface area contributed by atoms with E-state index in [-0.39, 0.29) is 111 Å². The molecule has 36 heteroatoms. The first-order valence-corrected chi connectivity index (χ1v) is 46.4. The number of carbonyl (C=O) groups excluding carboxylic acids is 11. The molecule has 6 aromatic carbocycles. The lowest BCUT2D eigenvalue weighted by Gasteiger charge is -2.27. The first-order valence-electron chi connectivity index (χ1n) is 46.4. The Morgan fingerprint density at radius 2 is 0.956 bits per heavy atom. The molecule has 11 N–H and O–H groups in total. The second-order valence-corrected chi connectivity index (χ2v) is 34.1. The summed E-state index contributed by atoms with van der Waals surface area (Å²) in [6, 6.07) is 27.6. The number of imidazole rings is 2. The number of benzene rings is 6. The Hall–Kier alpha value is -12.8. The van der Waals surface area contributed by atoms with Crippen LogP contribution in [0.15, 0.2) is 109 Å². The Balaban J connectivity index is 0.000000180. The average molecular weight is 1860 g/mol. The largest absolute Gasteiger partial charge is 0.493 e. The summed E-state index contributed by atoms with van der Waals surface area (Å²) < 4.78 is 49.1. The van der Waals surface area contributed by atoms with Gasteiger partial charge in [0.25, 0.3) is 35.4 Å². The average Bonchev–Trinajstić information content (AvgIpc) is 1.60. The topological polar surface area (TPSA) is 480 Å². The van der Waals surface area contributed by atoms with Gasteiger partial charge in [0, 0.05) is 105 Å². The smallest absolute Gasteiger partial charge is 0.305 e. The first kappa shape index (κ1) is 98.2. The van der Waals surface area contributed by atoms with Crippen LogP contribution in [0, 0.1) is 13.8 Å². The summed E-state index contributed by atoms with van der Waals surface area (Å²) in [5.41, 5.74) is 20.4. The maximum absolute atomic E-state index is 13.6. The molecular weight excluding hydrogens is 1740 g/mol. The van der Waals surface area contributed by atoms with Crippen molar-refractivity contribution < 1.29 is 111 Å². The zero-order chi connectivity index (χ0) is 95.0. The zero-order valence-electron chi connectivity index (χ0n) is 76.0. The van der Waals surface area contributed by atoms with Crippen LogP contribution in [0.3, 0.4) is 0 Å². The van der Waals surface area contributed by atoms with Gasteiger partial charge in [0.05, 0.1) is 151 Å². The van der Waals surface area contributed by atoms with Crippen molar-refractivity contribution in [1.29, 1.82) is 0 Å². The molecule has 716 valence electrons. The number of nitrogens with zero attached hydrogens (tertiary/aromatic N) is 6. The number of imide groups is 4. The zero-order valence-corrected chi connectivity index (χ0v) is 76.0. The number of anilines is 1. The molecule has 8 aliphatic rings. The van der Waals surface area contributed by atoms with E-state index >= 15 is 0 Å². The van der Waals surface area contributed by atoms with E-state index in [1.165, 1.54) is 17.2 Å². The summed E-state index contributed by atoms with van der Waals surface area (Å²) >= 11 is 0. The van der Waals surface area contributed by atoms with Gasteiger partial charge in [-0.2, -0.15) is 0 Å². The number of hydrogen-bond donors (Lipinski definition) is 10. The maximum atomic E-state index is 13.6. The second kappa shape index (κ2) is 47.4. The highest BCUT2D eigenvalue weighted by Gasteiger charge is 2.48. The number of aryl methyl sites for hydroxylation is 7. The standard InChI is InChI=1S/C50H58N6O11.C27H32N4O3.C22H27N3O9/c1-31-36(30-57)26-35(47(60)53-39-13-12-32-10-11-34(27-38(32)39)40-29-55-18-3-9-43(55)52-40)28-42(31)67-20-5-17-51-44(58)16-21-65-23-25-66-24-22-64-19-4-7-33-6-2-8-37-46(33)50(63)56(49(37)62)41-14-15-45(59)54-48(41)61;1-17-21(16-32)12-20(14-25(17)34-11-3-9-28)27(33)30-23-8-7-18-5-6-19(13-22(18)23)24-15-31-10-2-4-26(31)29-24;26-17-5-4-16(20(29)24-17)25-21(30)14-2-1-3-15(19(14)22(25)31)23-7-9-33-11-13-34-12-10-32-8-6-18(27)28/h2,6,8,10-11,26-29,39,41,57H,3-5,7,9,12-25,30H2,1H3,(H,51,58)(H,53,60)(H,54,59,61);5-6,12-15,23,32H,2-4,7-11,16,28H2,1H3,(H,30,33);1-3,16,23H,4-13H2,(H,27,28)(H,24,26,29)/t39-,41?;23-;/m11./s1. The predicted octanol–water partition coefficient (Wildman–Crippen LogP) is 7.54. The molecule has 2 unspecified atom stereocenters. The molecule has 11 amide bonds. The minimum atomic E-state index is -1.01. The molecule has 2 saturated heterocycles. The molecule has 8 aromatic rings. The van der Waals surface area contributed by atoms with E-state index in [9.17, 15) is 67.7 Å². The second-order valence-electron chi connectivity index (χ2n) is 34.1. The number of aromatic nitrogens is 4. The first-order chi connectivity index (χ1) is 65.6. The molecule has 4 atom stereocenters. The number of piperidine rings is 2. The fourth-order valence-electron chi connectivity index (χ4n) is 17.8. The number of fused-ring (bicyclic) bond motifs is 6. The number of carboxylic acid groups (broad SMARTS) is 1. The van der Waals surface area contributed by atoms with Gasteiger partial charge >= 0.3 is 5.97 Å². The van der Waals surface area contributed by atoms with Crippen molar-refractivity contribution in [3.63, 3.8) is 0 Å². The number of aliphatic hydroxyl groups is 2. The number of aliphatic carboxylic acids is 1. The number of nitrogens with two attached hydrogens (primary N) is 1. The van der Waals surface area contributed by atoms with Gasteiger partial charge in [-0.15, -0.1) is 0 Å². The number of amides is 11. The van der Waals surface area contributed by atoms with Gasteiger partial charge in [-0.05, 0) is 202 Å². The van der Waals surface area contributed by atoms with E-state index in [1.54, 1.807) is 54.6 Å². The van der Waals surface area contributed by atoms with Gasteiger partial charge in [-0.1, -0.05) is 42.5 Å². The summed E-state index contributed by atoms with van der Waals surface area (Å²) in [5.74, 6) is -2.35.